The van der Waals surface area contributed by atoms with E-state index in [4.69, 9.17) is 16.3 Å². The maximum atomic E-state index is 11.0. The Morgan fingerprint density at radius 1 is 1.31 bits per heavy atom. The zero-order valence-electron chi connectivity index (χ0n) is 7.71. The minimum atomic E-state index is -0.703. The van der Waals surface area contributed by atoms with Crippen LogP contribution in [0.5, 0.6) is 0 Å². The molecule has 0 atom stereocenters. The molecule has 13 heavy (non-hydrogen) atoms. The molecule has 0 aromatic heterocycles. The van der Waals surface area contributed by atoms with Crippen molar-refractivity contribution >= 4 is 5.91 Å². The standard InChI is InChI=1S/C9H13N3O/c1-9(8(12)13,4-2-6-10)5-3-7-11/h2-5H2,1H3,(H2,12,13). The molecular weight excluding hydrogens is 166 g/mol. The highest BCUT2D eigenvalue weighted by atomic mass is 16.1. The van der Waals surface area contributed by atoms with Gasteiger partial charge in [0.1, 0.15) is 0 Å². The van der Waals surface area contributed by atoms with Gasteiger partial charge in [-0.05, 0) is 12.8 Å². The average Bonchev–Trinajstić information content (AvgIpc) is 2.11. The predicted octanol–water partition coefficient (Wildman–Crippen LogP) is 1.09. The van der Waals surface area contributed by atoms with Gasteiger partial charge in [-0.1, -0.05) is 6.92 Å². The molecule has 0 fully saturated rings. The minimum absolute atomic E-state index is 0.296. The van der Waals surface area contributed by atoms with Crippen molar-refractivity contribution in [3.05, 3.63) is 0 Å². The second-order valence-corrected chi connectivity index (χ2v) is 3.24. The van der Waals surface area contributed by atoms with Gasteiger partial charge < -0.3 is 5.73 Å². The predicted molar refractivity (Wildman–Crippen MR) is 47.0 cm³/mol. The van der Waals surface area contributed by atoms with Crippen LogP contribution in [0.15, 0.2) is 0 Å². The summed E-state index contributed by atoms with van der Waals surface area (Å²) in [4.78, 5) is 11.0. The maximum absolute atomic E-state index is 11.0. The number of hydrogen-bond acceptors (Lipinski definition) is 3. The van der Waals surface area contributed by atoms with Crippen molar-refractivity contribution in [2.75, 3.05) is 0 Å². The van der Waals surface area contributed by atoms with Gasteiger partial charge in [0.25, 0.3) is 0 Å². The van der Waals surface area contributed by atoms with Gasteiger partial charge in [0.2, 0.25) is 5.91 Å². The lowest BCUT2D eigenvalue weighted by Crippen LogP contribution is -2.34. The highest BCUT2D eigenvalue weighted by Crippen LogP contribution is 2.28. The highest BCUT2D eigenvalue weighted by molar-refractivity contribution is 5.80. The van der Waals surface area contributed by atoms with Crippen LogP contribution in [0.25, 0.3) is 0 Å². The van der Waals surface area contributed by atoms with E-state index in [1.165, 1.54) is 0 Å². The SMILES string of the molecule is CC(CCC#N)(CCC#N)C(N)=O. The van der Waals surface area contributed by atoms with E-state index in [1.807, 2.05) is 12.1 Å². The van der Waals surface area contributed by atoms with Gasteiger partial charge in [-0.3, -0.25) is 4.79 Å². The molecule has 0 aliphatic rings. The van der Waals surface area contributed by atoms with Gasteiger partial charge in [-0.2, -0.15) is 10.5 Å². The third-order valence-corrected chi connectivity index (χ3v) is 2.17. The van der Waals surface area contributed by atoms with Crippen LogP contribution in [-0.4, -0.2) is 5.91 Å². The Morgan fingerprint density at radius 3 is 1.92 bits per heavy atom. The van der Waals surface area contributed by atoms with E-state index in [0.717, 1.165) is 0 Å². The van der Waals surface area contributed by atoms with Gasteiger partial charge in [0.05, 0.1) is 12.1 Å². The number of primary amides is 1. The zero-order chi connectivity index (χ0) is 10.3. The van der Waals surface area contributed by atoms with Gasteiger partial charge in [-0.15, -0.1) is 0 Å². The molecule has 0 spiro atoms. The first-order chi connectivity index (χ1) is 6.06. The summed E-state index contributed by atoms with van der Waals surface area (Å²) in [6.07, 6.45) is 1.46. The van der Waals surface area contributed by atoms with Gasteiger partial charge >= 0.3 is 0 Å². The first-order valence-corrected chi connectivity index (χ1v) is 4.10. The maximum Gasteiger partial charge on any atom is 0.223 e. The second kappa shape index (κ2) is 5.16. The third-order valence-electron chi connectivity index (χ3n) is 2.17. The van der Waals surface area contributed by atoms with Crippen LogP contribution in [-0.2, 0) is 4.79 Å². The average molecular weight is 179 g/mol. The van der Waals surface area contributed by atoms with Crippen LogP contribution >= 0.6 is 0 Å². The number of amides is 1. The van der Waals surface area contributed by atoms with E-state index >= 15 is 0 Å². The summed E-state index contributed by atoms with van der Waals surface area (Å²) < 4.78 is 0. The van der Waals surface area contributed by atoms with E-state index in [9.17, 15) is 4.79 Å². The Hall–Kier alpha value is -1.55. The molecule has 4 nitrogen and oxygen atoms in total. The van der Waals surface area contributed by atoms with Crippen molar-refractivity contribution in [3.63, 3.8) is 0 Å². The van der Waals surface area contributed by atoms with Crippen molar-refractivity contribution in [1.82, 2.24) is 0 Å². The zero-order valence-corrected chi connectivity index (χ0v) is 7.71. The molecule has 0 bridgehead atoms. The Balaban J connectivity index is 4.28. The molecule has 0 rings (SSSR count). The Bertz CT molecular complexity index is 241. The van der Waals surface area contributed by atoms with E-state index in [1.54, 1.807) is 6.92 Å². The molecule has 70 valence electrons. The molecule has 0 heterocycles. The lowest BCUT2D eigenvalue weighted by atomic mass is 9.80. The monoisotopic (exact) mass is 179 g/mol. The normalized spacial score (nSPS) is 10.1. The summed E-state index contributed by atoms with van der Waals surface area (Å²) in [5.74, 6) is -0.432. The number of rotatable bonds is 5. The number of nitriles is 2. The van der Waals surface area contributed by atoms with Crippen LogP contribution in [0, 0.1) is 28.1 Å². The summed E-state index contributed by atoms with van der Waals surface area (Å²) in [6.45, 7) is 1.70. The molecule has 0 radical (unpaired) electrons. The van der Waals surface area contributed by atoms with Crippen LogP contribution in [0.2, 0.25) is 0 Å². The van der Waals surface area contributed by atoms with Crippen molar-refractivity contribution < 1.29 is 4.79 Å². The van der Waals surface area contributed by atoms with Gasteiger partial charge in [-0.25, -0.2) is 0 Å². The van der Waals surface area contributed by atoms with Crippen LogP contribution in [0.3, 0.4) is 0 Å². The molecule has 1 amide bonds. The molecule has 0 unspecified atom stereocenters. The van der Waals surface area contributed by atoms with Crippen molar-refractivity contribution in [2.45, 2.75) is 32.6 Å². The van der Waals surface area contributed by atoms with E-state index in [2.05, 4.69) is 0 Å². The third kappa shape index (κ3) is 3.57. The molecule has 0 aromatic carbocycles. The summed E-state index contributed by atoms with van der Waals surface area (Å²) in [6, 6.07) is 3.93. The van der Waals surface area contributed by atoms with Gasteiger partial charge in [0.15, 0.2) is 0 Å². The molecule has 0 saturated carbocycles. The smallest absolute Gasteiger partial charge is 0.223 e. The van der Waals surface area contributed by atoms with Crippen LogP contribution in [0.1, 0.15) is 32.6 Å². The lowest BCUT2D eigenvalue weighted by Gasteiger charge is -2.23. The van der Waals surface area contributed by atoms with Gasteiger partial charge in [0, 0.05) is 18.3 Å². The number of carbonyl (C=O) groups excluding carboxylic acids is 1. The summed E-state index contributed by atoms with van der Waals surface area (Å²) in [5.41, 5.74) is 4.49. The minimum Gasteiger partial charge on any atom is -0.369 e. The van der Waals surface area contributed by atoms with Crippen molar-refractivity contribution in [3.8, 4) is 12.1 Å². The van der Waals surface area contributed by atoms with Crippen molar-refractivity contribution in [1.29, 1.82) is 10.5 Å². The number of hydrogen-bond donors (Lipinski definition) is 1. The van der Waals surface area contributed by atoms with E-state index in [-0.39, 0.29) is 0 Å². The number of nitrogens with zero attached hydrogens (tertiary/aromatic N) is 2. The fourth-order valence-electron chi connectivity index (χ4n) is 1.03. The quantitative estimate of drug-likeness (QED) is 0.684. The molecule has 0 aliphatic carbocycles. The molecule has 2 N–H and O–H groups in total. The van der Waals surface area contributed by atoms with E-state index < -0.39 is 11.3 Å². The summed E-state index contributed by atoms with van der Waals surface area (Å²) in [5, 5.41) is 16.7. The summed E-state index contributed by atoms with van der Waals surface area (Å²) >= 11 is 0. The fraction of sp³-hybridized carbons (Fsp3) is 0.667. The highest BCUT2D eigenvalue weighted by Gasteiger charge is 2.29. The molecular formula is C9H13N3O. The molecule has 0 aliphatic heterocycles. The second-order valence-electron chi connectivity index (χ2n) is 3.24. The first-order valence-electron chi connectivity index (χ1n) is 4.10. The van der Waals surface area contributed by atoms with E-state index in [0.29, 0.717) is 25.7 Å². The molecule has 0 saturated heterocycles. The topological polar surface area (TPSA) is 90.7 Å². The number of carbonyl (C=O) groups is 1. The molecule has 0 aromatic rings. The van der Waals surface area contributed by atoms with Crippen molar-refractivity contribution in [2.24, 2.45) is 11.1 Å². The summed E-state index contributed by atoms with van der Waals surface area (Å²) in [7, 11) is 0. The Kier molecular flexibility index (Phi) is 4.54. The Labute approximate surface area is 77.9 Å². The lowest BCUT2D eigenvalue weighted by molar-refractivity contribution is -0.127. The first kappa shape index (κ1) is 11.4. The van der Waals surface area contributed by atoms with Crippen LogP contribution in [0.4, 0.5) is 0 Å². The van der Waals surface area contributed by atoms with Crippen LogP contribution < -0.4 is 5.73 Å². The molecule has 4 heteroatoms. The largest absolute Gasteiger partial charge is 0.369 e. The Morgan fingerprint density at radius 2 is 1.69 bits per heavy atom. The fourth-order valence-corrected chi connectivity index (χ4v) is 1.03. The number of nitrogens with two attached hydrogens (primary N) is 1.